The number of carboxylic acids is 1. The molecule has 1 saturated carbocycles. The predicted octanol–water partition coefficient (Wildman–Crippen LogP) is 3.20. The summed E-state index contributed by atoms with van der Waals surface area (Å²) in [5.41, 5.74) is -0.758. The summed E-state index contributed by atoms with van der Waals surface area (Å²) in [5.74, 6) is -0.0857. The molecular weight excluding hydrogens is 254 g/mol. The smallest absolute Gasteiger partial charge is 0.323 e. The molecule has 4 heteroatoms. The van der Waals surface area contributed by atoms with E-state index in [0.717, 1.165) is 25.7 Å². The van der Waals surface area contributed by atoms with E-state index in [4.69, 9.17) is 4.74 Å². The lowest BCUT2D eigenvalue weighted by atomic mass is 9.90. The molecule has 2 atom stereocenters. The van der Waals surface area contributed by atoms with Crippen molar-refractivity contribution in [2.75, 3.05) is 6.61 Å². The molecule has 0 spiro atoms. The zero-order valence-electron chi connectivity index (χ0n) is 13.4. The van der Waals surface area contributed by atoms with E-state index in [1.807, 2.05) is 6.92 Å². The van der Waals surface area contributed by atoms with Gasteiger partial charge in [-0.15, -0.1) is 0 Å². The van der Waals surface area contributed by atoms with E-state index >= 15 is 0 Å². The first-order valence-corrected chi connectivity index (χ1v) is 8.02. The third-order valence-electron chi connectivity index (χ3n) is 4.02. The first kappa shape index (κ1) is 17.4. The van der Waals surface area contributed by atoms with Crippen molar-refractivity contribution in [3.8, 4) is 0 Å². The van der Waals surface area contributed by atoms with Gasteiger partial charge in [0.05, 0.1) is 6.10 Å². The average Bonchev–Trinajstić information content (AvgIpc) is 3.15. The molecule has 1 aliphatic rings. The Morgan fingerprint density at radius 3 is 2.50 bits per heavy atom. The summed E-state index contributed by atoms with van der Waals surface area (Å²) in [6.45, 7) is 9.06. The Labute approximate surface area is 123 Å². The minimum atomic E-state index is -0.758. The maximum atomic E-state index is 11.6. The Morgan fingerprint density at radius 1 is 1.40 bits per heavy atom. The maximum Gasteiger partial charge on any atom is 0.323 e. The SMILES string of the molecule is CCC(CCCOC(C)CC(C)C)(NC1CC1)C(=O)O. The fourth-order valence-corrected chi connectivity index (χ4v) is 2.68. The Bertz CT molecular complexity index is 302. The van der Waals surface area contributed by atoms with Gasteiger partial charge >= 0.3 is 5.97 Å². The van der Waals surface area contributed by atoms with Crippen LogP contribution in [-0.4, -0.2) is 35.4 Å². The molecule has 0 aliphatic heterocycles. The number of carbonyl (C=O) groups is 1. The molecule has 20 heavy (non-hydrogen) atoms. The van der Waals surface area contributed by atoms with Gasteiger partial charge in [-0.1, -0.05) is 20.8 Å². The summed E-state index contributed by atoms with van der Waals surface area (Å²) in [6, 6.07) is 0.409. The van der Waals surface area contributed by atoms with Gasteiger partial charge in [-0.3, -0.25) is 10.1 Å². The third-order valence-corrected chi connectivity index (χ3v) is 4.02. The van der Waals surface area contributed by atoms with Gasteiger partial charge in [0, 0.05) is 12.6 Å². The monoisotopic (exact) mass is 285 g/mol. The lowest BCUT2D eigenvalue weighted by Crippen LogP contribution is -2.52. The summed E-state index contributed by atoms with van der Waals surface area (Å²) >= 11 is 0. The summed E-state index contributed by atoms with van der Waals surface area (Å²) in [6.07, 6.45) is 5.59. The quantitative estimate of drug-likeness (QED) is 0.572. The van der Waals surface area contributed by atoms with Crippen molar-refractivity contribution < 1.29 is 14.6 Å². The normalized spacial score (nSPS) is 19.9. The molecule has 0 heterocycles. The Kier molecular flexibility index (Phi) is 6.96. The molecule has 0 amide bonds. The Balaban J connectivity index is 2.33. The van der Waals surface area contributed by atoms with Crippen LogP contribution in [0.5, 0.6) is 0 Å². The summed E-state index contributed by atoms with van der Waals surface area (Å²) in [5, 5.41) is 12.8. The van der Waals surface area contributed by atoms with Gasteiger partial charge in [0.2, 0.25) is 0 Å². The highest BCUT2D eigenvalue weighted by molar-refractivity contribution is 5.78. The molecule has 118 valence electrons. The van der Waals surface area contributed by atoms with Crippen LogP contribution in [-0.2, 0) is 9.53 Å². The second-order valence-electron chi connectivity index (χ2n) is 6.57. The highest BCUT2D eigenvalue weighted by Crippen LogP contribution is 2.27. The van der Waals surface area contributed by atoms with Gasteiger partial charge in [0.15, 0.2) is 0 Å². The standard InChI is InChI=1S/C16H31NO3/c1-5-16(15(18)19,17-14-7-8-14)9-6-10-20-13(4)11-12(2)3/h12-14,17H,5-11H2,1-4H3,(H,18,19). The topological polar surface area (TPSA) is 58.6 Å². The Morgan fingerprint density at radius 2 is 2.05 bits per heavy atom. The zero-order chi connectivity index (χ0) is 15.2. The van der Waals surface area contributed by atoms with Gasteiger partial charge in [0.1, 0.15) is 5.54 Å². The van der Waals surface area contributed by atoms with E-state index in [1.54, 1.807) is 0 Å². The highest BCUT2D eigenvalue weighted by atomic mass is 16.5. The fraction of sp³-hybridized carbons (Fsp3) is 0.938. The highest BCUT2D eigenvalue weighted by Gasteiger charge is 2.40. The first-order valence-electron chi connectivity index (χ1n) is 8.02. The molecule has 0 aromatic rings. The van der Waals surface area contributed by atoms with Crippen LogP contribution in [0.15, 0.2) is 0 Å². The lowest BCUT2D eigenvalue weighted by molar-refractivity contribution is -0.145. The summed E-state index contributed by atoms with van der Waals surface area (Å²) in [7, 11) is 0. The van der Waals surface area contributed by atoms with Crippen LogP contribution < -0.4 is 5.32 Å². The minimum absolute atomic E-state index is 0.257. The van der Waals surface area contributed by atoms with E-state index < -0.39 is 11.5 Å². The second kappa shape index (κ2) is 7.99. The summed E-state index contributed by atoms with van der Waals surface area (Å²) < 4.78 is 5.77. The predicted molar refractivity (Wildman–Crippen MR) is 80.9 cm³/mol. The Hall–Kier alpha value is -0.610. The van der Waals surface area contributed by atoms with Gasteiger partial charge in [-0.2, -0.15) is 0 Å². The molecular formula is C16H31NO3. The van der Waals surface area contributed by atoms with Crippen molar-refractivity contribution >= 4 is 5.97 Å². The van der Waals surface area contributed by atoms with Crippen LogP contribution in [0, 0.1) is 5.92 Å². The molecule has 1 fully saturated rings. The molecule has 2 N–H and O–H groups in total. The molecule has 1 rings (SSSR count). The van der Waals surface area contributed by atoms with Crippen LogP contribution >= 0.6 is 0 Å². The van der Waals surface area contributed by atoms with Gasteiger partial charge in [-0.25, -0.2) is 0 Å². The minimum Gasteiger partial charge on any atom is -0.480 e. The molecule has 0 bridgehead atoms. The van der Waals surface area contributed by atoms with E-state index in [1.165, 1.54) is 0 Å². The zero-order valence-corrected chi connectivity index (χ0v) is 13.4. The first-order chi connectivity index (χ1) is 9.39. The number of carboxylic acid groups (broad SMARTS) is 1. The van der Waals surface area contributed by atoms with Crippen LogP contribution in [0.4, 0.5) is 0 Å². The van der Waals surface area contributed by atoms with E-state index in [2.05, 4.69) is 26.1 Å². The molecule has 4 nitrogen and oxygen atoms in total. The van der Waals surface area contributed by atoms with E-state index in [0.29, 0.717) is 31.4 Å². The largest absolute Gasteiger partial charge is 0.480 e. The van der Waals surface area contributed by atoms with Crippen molar-refractivity contribution in [3.63, 3.8) is 0 Å². The number of hydrogen-bond acceptors (Lipinski definition) is 3. The van der Waals surface area contributed by atoms with Crippen molar-refractivity contribution in [2.45, 2.75) is 83.9 Å². The van der Waals surface area contributed by atoms with E-state index in [-0.39, 0.29) is 6.10 Å². The van der Waals surface area contributed by atoms with Gasteiger partial charge < -0.3 is 9.84 Å². The maximum absolute atomic E-state index is 11.6. The molecule has 0 aromatic heterocycles. The number of nitrogens with one attached hydrogen (secondary N) is 1. The number of aliphatic carboxylic acids is 1. The number of hydrogen-bond donors (Lipinski definition) is 2. The van der Waals surface area contributed by atoms with Crippen molar-refractivity contribution in [1.82, 2.24) is 5.32 Å². The number of rotatable bonds is 11. The molecule has 1 aliphatic carbocycles. The van der Waals surface area contributed by atoms with E-state index in [9.17, 15) is 9.90 Å². The van der Waals surface area contributed by atoms with Gasteiger partial charge in [-0.05, 0) is 51.4 Å². The molecule has 0 aromatic carbocycles. The second-order valence-corrected chi connectivity index (χ2v) is 6.57. The van der Waals surface area contributed by atoms with Crippen LogP contribution in [0.25, 0.3) is 0 Å². The van der Waals surface area contributed by atoms with Crippen LogP contribution in [0.2, 0.25) is 0 Å². The lowest BCUT2D eigenvalue weighted by Gasteiger charge is -2.30. The van der Waals surface area contributed by atoms with Crippen LogP contribution in [0.3, 0.4) is 0 Å². The van der Waals surface area contributed by atoms with Crippen LogP contribution in [0.1, 0.15) is 66.2 Å². The fourth-order valence-electron chi connectivity index (χ4n) is 2.68. The van der Waals surface area contributed by atoms with Crippen molar-refractivity contribution in [1.29, 1.82) is 0 Å². The number of ether oxygens (including phenoxy) is 1. The average molecular weight is 285 g/mol. The molecule has 2 unspecified atom stereocenters. The molecule has 0 radical (unpaired) electrons. The summed E-state index contributed by atoms with van der Waals surface area (Å²) in [4.78, 5) is 11.6. The third kappa shape index (κ3) is 5.80. The van der Waals surface area contributed by atoms with Crippen molar-refractivity contribution in [3.05, 3.63) is 0 Å². The van der Waals surface area contributed by atoms with Crippen molar-refractivity contribution in [2.24, 2.45) is 5.92 Å². The molecule has 0 saturated heterocycles. The van der Waals surface area contributed by atoms with Gasteiger partial charge in [0.25, 0.3) is 0 Å².